The Balaban J connectivity index is 1.79. The normalized spacial score (nSPS) is 12.3. The van der Waals surface area contributed by atoms with Crippen LogP contribution < -0.4 is 5.32 Å². The van der Waals surface area contributed by atoms with Crippen molar-refractivity contribution in [1.82, 2.24) is 0 Å². The number of phenolic OH excluding ortho intramolecular Hbond substituents is 1. The zero-order valence-corrected chi connectivity index (χ0v) is 13.5. The van der Waals surface area contributed by atoms with E-state index in [2.05, 4.69) is 5.32 Å². The molecule has 1 aliphatic rings. The maximum atomic E-state index is 12.9. The minimum Gasteiger partial charge on any atom is -0.507 e. The second kappa shape index (κ2) is 5.97. The lowest BCUT2D eigenvalue weighted by Gasteiger charge is -2.20. The monoisotopic (exact) mass is 343 g/mol. The van der Waals surface area contributed by atoms with Crippen LogP contribution in [0.2, 0.25) is 0 Å². The van der Waals surface area contributed by atoms with Crippen molar-refractivity contribution in [2.75, 3.05) is 5.32 Å². The molecule has 0 aliphatic heterocycles. The Labute approximate surface area is 148 Å². The minimum atomic E-state index is -0.560. The van der Waals surface area contributed by atoms with Gasteiger partial charge >= 0.3 is 0 Å². The Morgan fingerprint density at radius 3 is 2.08 bits per heavy atom. The molecule has 126 valence electrons. The first-order valence-electron chi connectivity index (χ1n) is 7.98. The minimum absolute atomic E-state index is 0.0834. The Bertz CT molecular complexity index is 1080. The van der Waals surface area contributed by atoms with Gasteiger partial charge in [-0.15, -0.1) is 0 Å². The van der Waals surface area contributed by atoms with E-state index in [4.69, 9.17) is 0 Å². The van der Waals surface area contributed by atoms with Crippen molar-refractivity contribution < 1.29 is 19.5 Å². The van der Waals surface area contributed by atoms with E-state index in [0.717, 1.165) is 0 Å². The zero-order chi connectivity index (χ0) is 18.3. The molecule has 0 spiro atoms. The lowest BCUT2D eigenvalue weighted by Crippen LogP contribution is -2.23. The van der Waals surface area contributed by atoms with Gasteiger partial charge < -0.3 is 10.4 Å². The number of aromatic hydroxyl groups is 1. The summed E-state index contributed by atoms with van der Waals surface area (Å²) < 4.78 is 0. The van der Waals surface area contributed by atoms with E-state index in [9.17, 15) is 19.5 Å². The fourth-order valence-corrected chi connectivity index (χ4v) is 3.10. The van der Waals surface area contributed by atoms with Gasteiger partial charge in [-0.3, -0.25) is 14.4 Å². The summed E-state index contributed by atoms with van der Waals surface area (Å²) in [5.41, 5.74) is 1.41. The molecule has 0 unspecified atom stereocenters. The van der Waals surface area contributed by atoms with Crippen LogP contribution in [0.4, 0.5) is 5.69 Å². The van der Waals surface area contributed by atoms with E-state index in [1.165, 1.54) is 12.1 Å². The van der Waals surface area contributed by atoms with Gasteiger partial charge in [-0.25, -0.2) is 0 Å². The van der Waals surface area contributed by atoms with Gasteiger partial charge in [-0.2, -0.15) is 0 Å². The lowest BCUT2D eigenvalue weighted by molar-refractivity contribution is 0.0978. The van der Waals surface area contributed by atoms with E-state index in [-0.39, 0.29) is 39.7 Å². The van der Waals surface area contributed by atoms with Crippen LogP contribution in [0.5, 0.6) is 5.75 Å². The van der Waals surface area contributed by atoms with Crippen LogP contribution in [0.3, 0.4) is 0 Å². The molecule has 0 bridgehead atoms. The summed E-state index contributed by atoms with van der Waals surface area (Å²) in [6, 6.07) is 17.5. The molecule has 3 aromatic carbocycles. The number of rotatable bonds is 2. The van der Waals surface area contributed by atoms with Crippen molar-refractivity contribution in [3.63, 3.8) is 0 Å². The SMILES string of the molecule is O=C(Nc1cccc2c1C(=O)c1ccccc1C2=O)c1ccccc1O. The number of phenols is 1. The molecule has 0 atom stereocenters. The average molecular weight is 343 g/mol. The van der Waals surface area contributed by atoms with Crippen molar-refractivity contribution in [2.45, 2.75) is 0 Å². The first-order valence-corrected chi connectivity index (χ1v) is 7.98. The molecule has 26 heavy (non-hydrogen) atoms. The molecule has 0 aromatic heterocycles. The van der Waals surface area contributed by atoms with E-state index in [1.807, 2.05) is 0 Å². The van der Waals surface area contributed by atoms with Crippen molar-refractivity contribution >= 4 is 23.2 Å². The predicted molar refractivity (Wildman–Crippen MR) is 95.8 cm³/mol. The van der Waals surface area contributed by atoms with Gasteiger partial charge in [0.25, 0.3) is 5.91 Å². The number of nitrogens with one attached hydrogen (secondary N) is 1. The molecule has 4 rings (SSSR count). The number of benzene rings is 3. The van der Waals surface area contributed by atoms with Gasteiger partial charge in [0.1, 0.15) is 5.75 Å². The second-order valence-electron chi connectivity index (χ2n) is 5.90. The van der Waals surface area contributed by atoms with Crippen LogP contribution in [0.25, 0.3) is 0 Å². The number of carbonyl (C=O) groups excluding carboxylic acids is 3. The lowest BCUT2D eigenvalue weighted by atomic mass is 9.83. The molecule has 0 saturated heterocycles. The second-order valence-corrected chi connectivity index (χ2v) is 5.90. The molecule has 5 heteroatoms. The topological polar surface area (TPSA) is 83.5 Å². The van der Waals surface area contributed by atoms with Gasteiger partial charge in [0.2, 0.25) is 0 Å². The van der Waals surface area contributed by atoms with Gasteiger partial charge in [0.15, 0.2) is 11.6 Å². The maximum absolute atomic E-state index is 12.9. The quantitative estimate of drug-likeness (QED) is 0.584. The van der Waals surface area contributed by atoms with Crippen molar-refractivity contribution in [1.29, 1.82) is 0 Å². The van der Waals surface area contributed by atoms with E-state index in [1.54, 1.807) is 54.6 Å². The molecule has 1 aliphatic carbocycles. The van der Waals surface area contributed by atoms with E-state index >= 15 is 0 Å². The summed E-state index contributed by atoms with van der Waals surface area (Å²) >= 11 is 0. The summed E-state index contributed by atoms with van der Waals surface area (Å²) in [5, 5.41) is 12.5. The third-order valence-electron chi connectivity index (χ3n) is 4.35. The number of carbonyl (C=O) groups is 3. The summed E-state index contributed by atoms with van der Waals surface area (Å²) in [5.74, 6) is -1.30. The molecule has 2 N–H and O–H groups in total. The number of hydrogen-bond donors (Lipinski definition) is 2. The fraction of sp³-hybridized carbons (Fsp3) is 0. The summed E-state index contributed by atoms with van der Waals surface area (Å²) in [7, 11) is 0. The van der Waals surface area contributed by atoms with Crippen LogP contribution in [-0.4, -0.2) is 22.6 Å². The largest absolute Gasteiger partial charge is 0.507 e. The number of ketones is 2. The van der Waals surface area contributed by atoms with Crippen molar-refractivity contribution in [3.8, 4) is 5.75 Å². The maximum Gasteiger partial charge on any atom is 0.259 e. The Morgan fingerprint density at radius 2 is 1.35 bits per heavy atom. The highest BCUT2D eigenvalue weighted by atomic mass is 16.3. The van der Waals surface area contributed by atoms with Gasteiger partial charge in [-0.05, 0) is 18.2 Å². The third-order valence-corrected chi connectivity index (χ3v) is 4.35. The Kier molecular flexibility index (Phi) is 3.62. The Hall–Kier alpha value is -3.73. The van der Waals surface area contributed by atoms with E-state index < -0.39 is 5.91 Å². The van der Waals surface area contributed by atoms with Crippen LogP contribution >= 0.6 is 0 Å². The molecular formula is C21H13NO4. The molecule has 1 amide bonds. The predicted octanol–water partition coefficient (Wildman–Crippen LogP) is 3.42. The number of para-hydroxylation sites is 1. The van der Waals surface area contributed by atoms with Gasteiger partial charge in [0.05, 0.1) is 16.8 Å². The molecular weight excluding hydrogens is 330 g/mol. The highest BCUT2D eigenvalue weighted by Gasteiger charge is 2.31. The van der Waals surface area contributed by atoms with Gasteiger partial charge in [0, 0.05) is 16.7 Å². The number of fused-ring (bicyclic) bond motifs is 2. The summed E-state index contributed by atoms with van der Waals surface area (Å²) in [4.78, 5) is 38.1. The molecule has 0 saturated carbocycles. The molecule has 0 fully saturated rings. The number of anilines is 1. The number of amides is 1. The van der Waals surface area contributed by atoms with Crippen LogP contribution in [-0.2, 0) is 0 Å². The van der Waals surface area contributed by atoms with E-state index in [0.29, 0.717) is 11.1 Å². The summed E-state index contributed by atoms with van der Waals surface area (Å²) in [6.07, 6.45) is 0. The highest BCUT2D eigenvalue weighted by Crippen LogP contribution is 2.32. The smallest absolute Gasteiger partial charge is 0.259 e. The van der Waals surface area contributed by atoms with Crippen LogP contribution in [0.15, 0.2) is 66.7 Å². The molecule has 3 aromatic rings. The molecule has 0 heterocycles. The van der Waals surface area contributed by atoms with Crippen molar-refractivity contribution in [2.24, 2.45) is 0 Å². The zero-order valence-electron chi connectivity index (χ0n) is 13.5. The Morgan fingerprint density at radius 1 is 0.731 bits per heavy atom. The fourth-order valence-electron chi connectivity index (χ4n) is 3.10. The number of hydrogen-bond acceptors (Lipinski definition) is 4. The highest BCUT2D eigenvalue weighted by molar-refractivity contribution is 6.30. The summed E-state index contributed by atoms with van der Waals surface area (Å²) in [6.45, 7) is 0. The van der Waals surface area contributed by atoms with Crippen LogP contribution in [0, 0.1) is 0 Å². The van der Waals surface area contributed by atoms with Crippen molar-refractivity contribution in [3.05, 3.63) is 94.5 Å². The third kappa shape index (κ3) is 2.38. The molecule has 0 radical (unpaired) electrons. The standard InChI is InChI=1S/C21H13NO4/c23-17-11-4-3-8-14(17)21(26)22-16-10-5-9-15-18(16)20(25)13-7-2-1-6-12(13)19(15)24/h1-11,23H,(H,22,26). The first kappa shape index (κ1) is 15.8. The molecule has 5 nitrogen and oxygen atoms in total. The first-order chi connectivity index (χ1) is 12.6. The van der Waals surface area contributed by atoms with Gasteiger partial charge in [-0.1, -0.05) is 48.5 Å². The van der Waals surface area contributed by atoms with Crippen LogP contribution in [0.1, 0.15) is 42.2 Å². The average Bonchev–Trinajstić information content (AvgIpc) is 2.66.